The molecule has 0 aromatic heterocycles. The number of aryl methyl sites for hydroxylation is 1. The summed E-state index contributed by atoms with van der Waals surface area (Å²) in [5.41, 5.74) is 3.02. The molecule has 3 rings (SSSR count). The Balaban J connectivity index is 1.54. The van der Waals surface area contributed by atoms with Gasteiger partial charge in [-0.2, -0.15) is 0 Å². The maximum absolute atomic E-state index is 14.9. The second kappa shape index (κ2) is 13.9. The van der Waals surface area contributed by atoms with E-state index in [-0.39, 0.29) is 0 Å². The number of benzene rings is 2. The van der Waals surface area contributed by atoms with E-state index in [9.17, 15) is 8.78 Å². The molecule has 1 aliphatic carbocycles. The Kier molecular flexibility index (Phi) is 10.9. The maximum atomic E-state index is 14.9. The van der Waals surface area contributed by atoms with Crippen molar-refractivity contribution in [2.75, 3.05) is 0 Å². The van der Waals surface area contributed by atoms with Crippen molar-refractivity contribution in [1.82, 2.24) is 0 Å². The van der Waals surface area contributed by atoms with Crippen LogP contribution in [0.4, 0.5) is 8.78 Å². The molecular formula is C31H44F2. The summed E-state index contributed by atoms with van der Waals surface area (Å²) in [5, 5.41) is 0. The highest BCUT2D eigenvalue weighted by Crippen LogP contribution is 2.38. The van der Waals surface area contributed by atoms with Gasteiger partial charge in [0.05, 0.1) is 0 Å². The van der Waals surface area contributed by atoms with Crippen LogP contribution in [0.5, 0.6) is 0 Å². The van der Waals surface area contributed by atoms with Crippen LogP contribution >= 0.6 is 0 Å². The monoisotopic (exact) mass is 454 g/mol. The zero-order valence-corrected chi connectivity index (χ0v) is 21.0. The third kappa shape index (κ3) is 7.66. The largest absolute Gasteiger partial charge is 0.203 e. The van der Waals surface area contributed by atoms with Gasteiger partial charge in [0.2, 0.25) is 0 Å². The maximum Gasteiger partial charge on any atom is 0.166 e. The molecule has 182 valence electrons. The summed E-state index contributed by atoms with van der Waals surface area (Å²) in [4.78, 5) is 0. The van der Waals surface area contributed by atoms with Crippen LogP contribution in [0.1, 0.15) is 121 Å². The van der Waals surface area contributed by atoms with Crippen molar-refractivity contribution in [3.8, 4) is 11.1 Å². The molecule has 0 nitrogen and oxygen atoms in total. The van der Waals surface area contributed by atoms with Gasteiger partial charge in [-0.15, -0.1) is 0 Å². The quantitative estimate of drug-likeness (QED) is 0.264. The predicted octanol–water partition coefficient (Wildman–Crippen LogP) is 10.4. The SMILES string of the molecule is CCCCCCCCc1ccc(-c2ccc([C@H]3CC[C@H](CCCCC)CC3)cc2)c(F)c1F. The lowest BCUT2D eigenvalue weighted by Gasteiger charge is -2.29. The number of halogens is 2. The average Bonchev–Trinajstić information content (AvgIpc) is 2.85. The Bertz CT molecular complexity index is 816. The molecule has 0 unspecified atom stereocenters. The van der Waals surface area contributed by atoms with E-state index >= 15 is 0 Å². The molecule has 0 bridgehead atoms. The first-order valence-corrected chi connectivity index (χ1v) is 13.7. The molecule has 0 aliphatic heterocycles. The van der Waals surface area contributed by atoms with Gasteiger partial charge >= 0.3 is 0 Å². The van der Waals surface area contributed by atoms with E-state index in [0.717, 1.165) is 24.3 Å². The molecule has 0 radical (unpaired) electrons. The van der Waals surface area contributed by atoms with Crippen LogP contribution in [0, 0.1) is 17.6 Å². The summed E-state index contributed by atoms with van der Waals surface area (Å²) in [5.74, 6) is 0.159. The van der Waals surface area contributed by atoms with Crippen LogP contribution in [0.3, 0.4) is 0 Å². The summed E-state index contributed by atoms with van der Waals surface area (Å²) in [6, 6.07) is 11.8. The lowest BCUT2D eigenvalue weighted by molar-refractivity contribution is 0.303. The minimum absolute atomic E-state index is 0.380. The van der Waals surface area contributed by atoms with Gasteiger partial charge in [-0.3, -0.25) is 0 Å². The van der Waals surface area contributed by atoms with Crippen molar-refractivity contribution in [3.05, 3.63) is 59.2 Å². The van der Waals surface area contributed by atoms with Gasteiger partial charge in [-0.05, 0) is 67.1 Å². The van der Waals surface area contributed by atoms with Gasteiger partial charge in [0.15, 0.2) is 11.6 Å². The van der Waals surface area contributed by atoms with Crippen molar-refractivity contribution in [2.24, 2.45) is 5.92 Å². The fourth-order valence-corrected chi connectivity index (χ4v) is 5.50. The van der Waals surface area contributed by atoms with E-state index < -0.39 is 11.6 Å². The van der Waals surface area contributed by atoms with E-state index in [2.05, 4.69) is 26.0 Å². The molecule has 0 spiro atoms. The Morgan fingerprint density at radius 2 is 1.30 bits per heavy atom. The molecule has 0 amide bonds. The summed E-state index contributed by atoms with van der Waals surface area (Å²) in [6.07, 6.45) is 18.1. The molecule has 1 saturated carbocycles. The average molecular weight is 455 g/mol. The summed E-state index contributed by atoms with van der Waals surface area (Å²) in [7, 11) is 0. The third-order valence-corrected chi connectivity index (χ3v) is 7.72. The molecular weight excluding hydrogens is 410 g/mol. The molecule has 2 aromatic rings. The minimum atomic E-state index is -0.696. The zero-order valence-electron chi connectivity index (χ0n) is 21.0. The van der Waals surface area contributed by atoms with Gasteiger partial charge in [-0.25, -0.2) is 8.78 Å². The Labute approximate surface area is 201 Å². The zero-order chi connectivity index (χ0) is 23.5. The summed E-state index contributed by atoms with van der Waals surface area (Å²) in [6.45, 7) is 4.47. The van der Waals surface area contributed by atoms with Crippen molar-refractivity contribution < 1.29 is 8.78 Å². The number of hydrogen-bond donors (Lipinski definition) is 0. The second-order valence-corrected chi connectivity index (χ2v) is 10.3. The van der Waals surface area contributed by atoms with Crippen molar-refractivity contribution >= 4 is 0 Å². The smallest absolute Gasteiger partial charge is 0.166 e. The summed E-state index contributed by atoms with van der Waals surface area (Å²) < 4.78 is 29.6. The molecule has 0 atom stereocenters. The molecule has 2 aromatic carbocycles. The number of hydrogen-bond acceptors (Lipinski definition) is 0. The fraction of sp³-hybridized carbons (Fsp3) is 0.613. The first kappa shape index (κ1) is 25.9. The normalized spacial score (nSPS) is 18.5. The van der Waals surface area contributed by atoms with Crippen LogP contribution in [0.2, 0.25) is 0 Å². The minimum Gasteiger partial charge on any atom is -0.203 e. The van der Waals surface area contributed by atoms with Crippen LogP contribution in [0.25, 0.3) is 11.1 Å². The van der Waals surface area contributed by atoms with Crippen molar-refractivity contribution in [3.63, 3.8) is 0 Å². The lowest BCUT2D eigenvalue weighted by Crippen LogP contribution is -2.13. The fourth-order valence-electron chi connectivity index (χ4n) is 5.50. The predicted molar refractivity (Wildman–Crippen MR) is 138 cm³/mol. The first-order valence-electron chi connectivity index (χ1n) is 13.7. The topological polar surface area (TPSA) is 0 Å². The molecule has 2 heteroatoms. The molecule has 0 saturated heterocycles. The molecule has 0 N–H and O–H groups in total. The summed E-state index contributed by atoms with van der Waals surface area (Å²) >= 11 is 0. The van der Waals surface area contributed by atoms with Crippen LogP contribution in [-0.2, 0) is 6.42 Å². The Morgan fingerprint density at radius 3 is 2.00 bits per heavy atom. The van der Waals surface area contributed by atoms with E-state index in [1.54, 1.807) is 12.1 Å². The highest BCUT2D eigenvalue weighted by atomic mass is 19.2. The van der Waals surface area contributed by atoms with E-state index in [4.69, 9.17) is 0 Å². The molecule has 33 heavy (non-hydrogen) atoms. The van der Waals surface area contributed by atoms with Crippen molar-refractivity contribution in [2.45, 2.75) is 116 Å². The molecule has 1 fully saturated rings. The number of unbranched alkanes of at least 4 members (excludes halogenated alkanes) is 7. The standard InChI is InChI=1S/C31H44F2/c1-3-5-7-8-9-11-13-28-22-23-29(31(33)30(28)32)27-20-18-26(19-21-27)25-16-14-24(15-17-25)12-10-6-4-2/h18-25H,3-17H2,1-2H3/t24-,25-. The van der Waals surface area contributed by atoms with Crippen LogP contribution in [0.15, 0.2) is 36.4 Å². The number of rotatable bonds is 13. The van der Waals surface area contributed by atoms with E-state index in [1.165, 1.54) is 82.6 Å². The van der Waals surface area contributed by atoms with E-state index in [0.29, 0.717) is 23.5 Å². The van der Waals surface area contributed by atoms with Gasteiger partial charge < -0.3 is 0 Å². The van der Waals surface area contributed by atoms with Gasteiger partial charge in [0, 0.05) is 5.56 Å². The Hall–Kier alpha value is -1.70. The van der Waals surface area contributed by atoms with Crippen LogP contribution in [-0.4, -0.2) is 0 Å². The third-order valence-electron chi connectivity index (χ3n) is 7.72. The van der Waals surface area contributed by atoms with Crippen molar-refractivity contribution in [1.29, 1.82) is 0 Å². The lowest BCUT2D eigenvalue weighted by atomic mass is 9.77. The van der Waals surface area contributed by atoms with E-state index in [1.807, 2.05) is 12.1 Å². The van der Waals surface area contributed by atoms with Crippen LogP contribution < -0.4 is 0 Å². The Morgan fingerprint density at radius 1 is 0.667 bits per heavy atom. The second-order valence-electron chi connectivity index (χ2n) is 10.3. The van der Waals surface area contributed by atoms with Gasteiger partial charge in [0.25, 0.3) is 0 Å². The first-order chi connectivity index (χ1) is 16.1. The highest BCUT2D eigenvalue weighted by molar-refractivity contribution is 5.65. The molecule has 0 heterocycles. The highest BCUT2D eigenvalue weighted by Gasteiger charge is 2.22. The van der Waals surface area contributed by atoms with Gasteiger partial charge in [-0.1, -0.05) is 108 Å². The molecule has 1 aliphatic rings. The van der Waals surface area contributed by atoms with Gasteiger partial charge in [0.1, 0.15) is 0 Å².